The maximum absolute atomic E-state index is 12.7. The van der Waals surface area contributed by atoms with Gasteiger partial charge in [-0.3, -0.25) is 4.98 Å². The summed E-state index contributed by atoms with van der Waals surface area (Å²) in [5.41, 5.74) is 0.762. The van der Waals surface area contributed by atoms with Crippen molar-refractivity contribution in [1.82, 2.24) is 15.0 Å². The van der Waals surface area contributed by atoms with E-state index in [9.17, 15) is 13.2 Å². The minimum Gasteiger partial charge on any atom is -0.324 e. The zero-order chi connectivity index (χ0) is 16.3. The summed E-state index contributed by atoms with van der Waals surface area (Å²) in [7, 11) is 0. The zero-order valence-corrected chi connectivity index (χ0v) is 11.7. The smallest absolute Gasteiger partial charge is 0.324 e. The Morgan fingerprint density at radius 3 is 2.43 bits per heavy atom. The molecule has 0 aliphatic heterocycles. The molecule has 3 rings (SSSR count). The Balaban J connectivity index is 1.87. The Kier molecular flexibility index (Phi) is 3.92. The van der Waals surface area contributed by atoms with Gasteiger partial charge in [0.1, 0.15) is 0 Å². The van der Waals surface area contributed by atoms with Crippen LogP contribution in [0.15, 0.2) is 60.9 Å². The van der Waals surface area contributed by atoms with E-state index in [4.69, 9.17) is 0 Å². The third-order valence-electron chi connectivity index (χ3n) is 3.03. The van der Waals surface area contributed by atoms with Crippen molar-refractivity contribution in [1.29, 1.82) is 0 Å². The molecule has 2 aromatic heterocycles. The molecular formula is C16H11F3N4. The molecule has 7 heteroatoms. The summed E-state index contributed by atoms with van der Waals surface area (Å²) >= 11 is 0. The molecule has 0 spiro atoms. The number of hydrogen-bond donors (Lipinski definition) is 1. The molecule has 0 saturated carbocycles. The van der Waals surface area contributed by atoms with E-state index < -0.39 is 11.7 Å². The van der Waals surface area contributed by atoms with E-state index in [0.29, 0.717) is 11.4 Å². The van der Waals surface area contributed by atoms with Crippen molar-refractivity contribution >= 4 is 11.6 Å². The number of nitrogens with zero attached hydrogens (tertiary/aromatic N) is 3. The highest BCUT2D eigenvalue weighted by Gasteiger charge is 2.30. The minimum absolute atomic E-state index is 0.201. The van der Waals surface area contributed by atoms with Crippen LogP contribution in [0.2, 0.25) is 0 Å². The lowest BCUT2D eigenvalue weighted by atomic mass is 10.2. The van der Waals surface area contributed by atoms with Crippen molar-refractivity contribution in [3.63, 3.8) is 0 Å². The second kappa shape index (κ2) is 6.04. The lowest BCUT2D eigenvalue weighted by molar-refractivity contribution is -0.137. The Morgan fingerprint density at radius 2 is 1.70 bits per heavy atom. The van der Waals surface area contributed by atoms with Crippen LogP contribution in [-0.4, -0.2) is 15.0 Å². The van der Waals surface area contributed by atoms with Crippen molar-refractivity contribution in [3.8, 4) is 11.4 Å². The van der Waals surface area contributed by atoms with E-state index >= 15 is 0 Å². The van der Waals surface area contributed by atoms with Gasteiger partial charge in [0.25, 0.3) is 0 Å². The SMILES string of the molecule is FC(F)(F)c1cccc(Nc2nccc(-c3ccccn3)n2)c1. The van der Waals surface area contributed by atoms with E-state index in [-0.39, 0.29) is 11.6 Å². The molecule has 3 aromatic rings. The van der Waals surface area contributed by atoms with Crippen molar-refractivity contribution in [2.24, 2.45) is 0 Å². The van der Waals surface area contributed by atoms with E-state index in [0.717, 1.165) is 12.1 Å². The predicted molar refractivity (Wildman–Crippen MR) is 80.0 cm³/mol. The number of rotatable bonds is 3. The molecule has 4 nitrogen and oxygen atoms in total. The maximum atomic E-state index is 12.7. The molecule has 0 fully saturated rings. The van der Waals surface area contributed by atoms with E-state index in [1.807, 2.05) is 6.07 Å². The second-order valence-electron chi connectivity index (χ2n) is 4.68. The molecular weight excluding hydrogens is 305 g/mol. The van der Waals surface area contributed by atoms with Gasteiger partial charge in [-0.1, -0.05) is 12.1 Å². The van der Waals surface area contributed by atoms with Crippen LogP contribution in [0.3, 0.4) is 0 Å². The molecule has 1 aromatic carbocycles. The lowest BCUT2D eigenvalue weighted by Gasteiger charge is -2.10. The second-order valence-corrected chi connectivity index (χ2v) is 4.68. The Hall–Kier alpha value is -2.96. The molecule has 1 N–H and O–H groups in total. The highest BCUT2D eigenvalue weighted by Crippen LogP contribution is 2.31. The number of alkyl halides is 3. The third-order valence-corrected chi connectivity index (χ3v) is 3.03. The number of aromatic nitrogens is 3. The van der Waals surface area contributed by atoms with Crippen LogP contribution in [0.5, 0.6) is 0 Å². The average Bonchev–Trinajstić information content (AvgIpc) is 2.55. The number of halogens is 3. The molecule has 0 radical (unpaired) electrons. The molecule has 0 saturated heterocycles. The topological polar surface area (TPSA) is 50.7 Å². The van der Waals surface area contributed by atoms with Crippen LogP contribution < -0.4 is 5.32 Å². The van der Waals surface area contributed by atoms with Crippen molar-refractivity contribution in [3.05, 3.63) is 66.5 Å². The number of anilines is 2. The Morgan fingerprint density at radius 1 is 0.826 bits per heavy atom. The fourth-order valence-corrected chi connectivity index (χ4v) is 1.98. The Labute approximate surface area is 130 Å². The highest BCUT2D eigenvalue weighted by atomic mass is 19.4. The van der Waals surface area contributed by atoms with Gasteiger partial charge in [-0.25, -0.2) is 9.97 Å². The van der Waals surface area contributed by atoms with E-state index in [1.54, 1.807) is 24.4 Å². The first-order valence-electron chi connectivity index (χ1n) is 6.71. The molecule has 0 aliphatic carbocycles. The number of pyridine rings is 1. The summed E-state index contributed by atoms with van der Waals surface area (Å²) in [6, 6.07) is 11.9. The van der Waals surface area contributed by atoms with Gasteiger partial charge in [0.2, 0.25) is 5.95 Å². The van der Waals surface area contributed by atoms with Gasteiger partial charge in [0.15, 0.2) is 0 Å². The van der Waals surface area contributed by atoms with Crippen molar-refractivity contribution in [2.75, 3.05) is 5.32 Å². The minimum atomic E-state index is -4.39. The van der Waals surface area contributed by atoms with Gasteiger partial charge in [-0.15, -0.1) is 0 Å². The molecule has 23 heavy (non-hydrogen) atoms. The fraction of sp³-hybridized carbons (Fsp3) is 0.0625. The molecule has 0 unspecified atom stereocenters. The van der Waals surface area contributed by atoms with Gasteiger partial charge in [-0.05, 0) is 36.4 Å². The lowest BCUT2D eigenvalue weighted by Crippen LogP contribution is -2.05. The van der Waals surface area contributed by atoms with Crippen LogP contribution in [0.1, 0.15) is 5.56 Å². The zero-order valence-electron chi connectivity index (χ0n) is 11.7. The fourth-order valence-electron chi connectivity index (χ4n) is 1.98. The molecule has 0 amide bonds. The first-order valence-corrected chi connectivity index (χ1v) is 6.71. The first kappa shape index (κ1) is 15.0. The van der Waals surface area contributed by atoms with Crippen LogP contribution in [-0.2, 0) is 6.18 Å². The van der Waals surface area contributed by atoms with E-state index in [1.165, 1.54) is 18.3 Å². The largest absolute Gasteiger partial charge is 0.416 e. The quantitative estimate of drug-likeness (QED) is 0.782. The standard InChI is InChI=1S/C16H11F3N4/c17-16(18,19)11-4-3-5-12(10-11)22-15-21-9-7-14(23-15)13-6-1-2-8-20-13/h1-10H,(H,21,22,23). The Bertz CT molecular complexity index is 804. The monoisotopic (exact) mass is 316 g/mol. The molecule has 0 atom stereocenters. The molecule has 2 heterocycles. The number of nitrogens with one attached hydrogen (secondary N) is 1. The summed E-state index contributed by atoms with van der Waals surface area (Å²) in [5, 5.41) is 2.78. The maximum Gasteiger partial charge on any atom is 0.416 e. The summed E-state index contributed by atoms with van der Waals surface area (Å²) in [6.45, 7) is 0. The van der Waals surface area contributed by atoms with Crippen molar-refractivity contribution in [2.45, 2.75) is 6.18 Å². The summed E-state index contributed by atoms with van der Waals surface area (Å²) in [4.78, 5) is 12.5. The molecule has 0 aliphatic rings. The highest BCUT2D eigenvalue weighted by molar-refractivity contribution is 5.59. The van der Waals surface area contributed by atoms with Gasteiger partial charge in [-0.2, -0.15) is 13.2 Å². The summed E-state index contributed by atoms with van der Waals surface area (Å²) in [5.74, 6) is 0.201. The van der Waals surface area contributed by atoms with E-state index in [2.05, 4.69) is 20.3 Å². The van der Waals surface area contributed by atoms with Crippen molar-refractivity contribution < 1.29 is 13.2 Å². The van der Waals surface area contributed by atoms with Crippen LogP contribution in [0.25, 0.3) is 11.4 Å². The summed E-state index contributed by atoms with van der Waals surface area (Å²) in [6.07, 6.45) is -1.24. The van der Waals surface area contributed by atoms with Crippen LogP contribution in [0.4, 0.5) is 24.8 Å². The van der Waals surface area contributed by atoms with Gasteiger partial charge in [0.05, 0.1) is 17.0 Å². The predicted octanol–water partition coefficient (Wildman–Crippen LogP) is 4.30. The average molecular weight is 316 g/mol. The van der Waals surface area contributed by atoms with Crippen LogP contribution in [0, 0.1) is 0 Å². The normalized spacial score (nSPS) is 11.3. The number of hydrogen-bond acceptors (Lipinski definition) is 4. The number of benzene rings is 1. The van der Waals surface area contributed by atoms with Crippen LogP contribution >= 0.6 is 0 Å². The first-order chi connectivity index (χ1) is 11.0. The van der Waals surface area contributed by atoms with Gasteiger partial charge in [0, 0.05) is 18.1 Å². The molecule has 0 bridgehead atoms. The van der Waals surface area contributed by atoms with Gasteiger partial charge >= 0.3 is 6.18 Å². The third kappa shape index (κ3) is 3.63. The summed E-state index contributed by atoms with van der Waals surface area (Å²) < 4.78 is 38.2. The van der Waals surface area contributed by atoms with Gasteiger partial charge < -0.3 is 5.32 Å². The molecule has 116 valence electrons.